The van der Waals surface area contributed by atoms with Gasteiger partial charge in [0.2, 0.25) is 0 Å². The van der Waals surface area contributed by atoms with E-state index in [4.69, 9.17) is 9.47 Å². The Kier molecular flexibility index (Phi) is 6.08. The first-order chi connectivity index (χ1) is 12.3. The van der Waals surface area contributed by atoms with Gasteiger partial charge in [0.15, 0.2) is 0 Å². The third-order valence-electron chi connectivity index (χ3n) is 4.45. The molecule has 1 aliphatic rings. The van der Waals surface area contributed by atoms with Crippen molar-refractivity contribution in [2.75, 3.05) is 20.3 Å². The van der Waals surface area contributed by atoms with Crippen molar-refractivity contribution in [3.05, 3.63) is 43.0 Å². The van der Waals surface area contributed by atoms with Crippen LogP contribution in [0.15, 0.2) is 37.3 Å². The highest BCUT2D eigenvalue weighted by atomic mass is 16.5. The minimum Gasteiger partial charge on any atom is -0.382 e. The maximum atomic E-state index is 12.4. The molecule has 3 atom stereocenters. The van der Waals surface area contributed by atoms with Gasteiger partial charge in [0.05, 0.1) is 37.7 Å². The van der Waals surface area contributed by atoms with Gasteiger partial charge in [0.25, 0.3) is 5.91 Å². The number of carbonyl (C=O) groups excluding carboxylic acids is 1. The zero-order chi connectivity index (χ0) is 17.5. The van der Waals surface area contributed by atoms with E-state index in [1.807, 2.05) is 10.8 Å². The second kappa shape index (κ2) is 8.68. The molecule has 2 aromatic rings. The number of carbonyl (C=O) groups is 1. The Bertz CT molecular complexity index is 650. The van der Waals surface area contributed by atoms with Gasteiger partial charge in [-0.05, 0) is 25.3 Å². The van der Waals surface area contributed by atoms with E-state index in [0.29, 0.717) is 18.9 Å². The summed E-state index contributed by atoms with van der Waals surface area (Å²) in [6.07, 6.45) is 11.1. The third kappa shape index (κ3) is 4.61. The maximum absolute atomic E-state index is 12.4. The van der Waals surface area contributed by atoms with Crippen LogP contribution in [-0.2, 0) is 9.47 Å². The molecule has 0 aliphatic heterocycles. The second-order valence-electron chi connectivity index (χ2n) is 6.05. The molecule has 0 bridgehead atoms. The van der Waals surface area contributed by atoms with Gasteiger partial charge >= 0.3 is 0 Å². The second-order valence-corrected chi connectivity index (χ2v) is 6.05. The monoisotopic (exact) mass is 345 g/mol. The van der Waals surface area contributed by atoms with Gasteiger partial charge in [-0.15, -0.1) is 0 Å². The lowest BCUT2D eigenvalue weighted by Crippen LogP contribution is -2.46. The van der Waals surface area contributed by atoms with Crippen molar-refractivity contribution in [3.63, 3.8) is 0 Å². The van der Waals surface area contributed by atoms with Crippen LogP contribution in [0.5, 0.6) is 0 Å². The average molecular weight is 345 g/mol. The number of imidazole rings is 1. The summed E-state index contributed by atoms with van der Waals surface area (Å²) < 4.78 is 13.0. The molecule has 0 saturated heterocycles. The van der Waals surface area contributed by atoms with E-state index in [1.54, 1.807) is 31.9 Å². The van der Waals surface area contributed by atoms with E-state index >= 15 is 0 Å². The van der Waals surface area contributed by atoms with Crippen LogP contribution in [0.2, 0.25) is 0 Å². The van der Waals surface area contributed by atoms with Crippen molar-refractivity contribution in [2.45, 2.75) is 37.5 Å². The lowest BCUT2D eigenvalue weighted by atomic mass is 9.87. The Morgan fingerprint density at radius 2 is 2.24 bits per heavy atom. The highest BCUT2D eigenvalue weighted by molar-refractivity contribution is 5.92. The molecular weight excluding hydrogens is 322 g/mol. The Labute approximate surface area is 146 Å². The molecule has 8 heteroatoms. The molecule has 2 heterocycles. The molecule has 2 aromatic heterocycles. The molecule has 0 radical (unpaired) electrons. The number of methoxy groups -OCH3 is 1. The Balaban J connectivity index is 1.66. The van der Waals surface area contributed by atoms with E-state index in [2.05, 4.69) is 20.3 Å². The van der Waals surface area contributed by atoms with Gasteiger partial charge in [-0.1, -0.05) is 0 Å². The molecule has 1 aliphatic carbocycles. The summed E-state index contributed by atoms with van der Waals surface area (Å²) in [6, 6.07) is 1.70. The summed E-state index contributed by atoms with van der Waals surface area (Å²) in [6.45, 7) is 1.16. The summed E-state index contributed by atoms with van der Waals surface area (Å²) >= 11 is 0. The van der Waals surface area contributed by atoms with Crippen LogP contribution in [0.3, 0.4) is 0 Å². The number of hydrogen-bond donors (Lipinski definition) is 1. The first-order valence-corrected chi connectivity index (χ1v) is 8.42. The minimum atomic E-state index is -0.184. The van der Waals surface area contributed by atoms with E-state index in [1.165, 1.54) is 6.33 Å². The maximum Gasteiger partial charge on any atom is 0.270 e. The zero-order valence-electron chi connectivity index (χ0n) is 14.2. The Morgan fingerprint density at radius 1 is 1.32 bits per heavy atom. The molecule has 3 rings (SSSR count). The zero-order valence-corrected chi connectivity index (χ0v) is 14.2. The van der Waals surface area contributed by atoms with Gasteiger partial charge in [-0.2, -0.15) is 0 Å². The molecule has 0 unspecified atom stereocenters. The first kappa shape index (κ1) is 17.5. The van der Waals surface area contributed by atoms with Gasteiger partial charge < -0.3 is 19.4 Å². The SMILES string of the molecule is COCCO[C@@H]1CC[C@@H](NC(=O)c2ccncn2)[C@H](n2ccnc2)C1. The molecule has 25 heavy (non-hydrogen) atoms. The number of hydrogen-bond acceptors (Lipinski definition) is 6. The molecule has 0 spiro atoms. The van der Waals surface area contributed by atoms with Crippen LogP contribution in [-0.4, -0.2) is 57.9 Å². The fraction of sp³-hybridized carbons (Fsp3) is 0.529. The van der Waals surface area contributed by atoms with Crippen LogP contribution in [0.4, 0.5) is 0 Å². The lowest BCUT2D eigenvalue weighted by molar-refractivity contribution is -0.0158. The number of aromatic nitrogens is 4. The minimum absolute atomic E-state index is 0.000981. The van der Waals surface area contributed by atoms with Crippen molar-refractivity contribution in [1.82, 2.24) is 24.8 Å². The van der Waals surface area contributed by atoms with Crippen LogP contribution >= 0.6 is 0 Å². The van der Waals surface area contributed by atoms with Crippen molar-refractivity contribution in [2.24, 2.45) is 0 Å². The summed E-state index contributed by atoms with van der Waals surface area (Å²) in [5.41, 5.74) is 0.373. The molecule has 8 nitrogen and oxygen atoms in total. The van der Waals surface area contributed by atoms with Gasteiger partial charge in [0.1, 0.15) is 12.0 Å². The Morgan fingerprint density at radius 3 is 2.96 bits per heavy atom. The van der Waals surface area contributed by atoms with Gasteiger partial charge in [0, 0.05) is 25.7 Å². The summed E-state index contributed by atoms with van der Waals surface area (Å²) in [7, 11) is 1.66. The predicted molar refractivity (Wildman–Crippen MR) is 90.0 cm³/mol. The fourth-order valence-corrected chi connectivity index (χ4v) is 3.19. The quantitative estimate of drug-likeness (QED) is 0.759. The highest BCUT2D eigenvalue weighted by Crippen LogP contribution is 2.30. The number of nitrogens with zero attached hydrogens (tertiary/aromatic N) is 4. The molecule has 0 aromatic carbocycles. The molecule has 1 N–H and O–H groups in total. The summed E-state index contributed by atoms with van der Waals surface area (Å²) in [5, 5.41) is 3.10. The third-order valence-corrected chi connectivity index (χ3v) is 4.45. The largest absolute Gasteiger partial charge is 0.382 e. The number of rotatable bonds is 7. The molecule has 1 fully saturated rings. The van der Waals surface area contributed by atoms with Crippen LogP contribution in [0, 0.1) is 0 Å². The van der Waals surface area contributed by atoms with Crippen molar-refractivity contribution in [1.29, 1.82) is 0 Å². The first-order valence-electron chi connectivity index (χ1n) is 8.42. The molecule has 134 valence electrons. The van der Waals surface area contributed by atoms with Crippen molar-refractivity contribution < 1.29 is 14.3 Å². The fourth-order valence-electron chi connectivity index (χ4n) is 3.19. The van der Waals surface area contributed by atoms with E-state index in [9.17, 15) is 4.79 Å². The van der Waals surface area contributed by atoms with Crippen molar-refractivity contribution >= 4 is 5.91 Å². The highest BCUT2D eigenvalue weighted by Gasteiger charge is 2.33. The molecular formula is C17H23N5O3. The van der Waals surface area contributed by atoms with Gasteiger partial charge in [-0.25, -0.2) is 15.0 Å². The molecule has 1 saturated carbocycles. The number of ether oxygens (including phenoxy) is 2. The standard InChI is InChI=1S/C17H23N5O3/c1-24-8-9-25-13-2-3-14(16(10-13)22-7-6-19-12-22)21-17(23)15-4-5-18-11-20-15/h4-7,11-14,16H,2-3,8-10H2,1H3,(H,21,23)/t13-,14-,16-/m1/s1. The Hall–Kier alpha value is -2.32. The van der Waals surface area contributed by atoms with Crippen molar-refractivity contribution in [3.8, 4) is 0 Å². The van der Waals surface area contributed by atoms with E-state index < -0.39 is 0 Å². The molecule has 1 amide bonds. The normalized spacial score (nSPS) is 23.3. The summed E-state index contributed by atoms with van der Waals surface area (Å²) in [4.78, 5) is 24.4. The number of amides is 1. The van der Waals surface area contributed by atoms with Gasteiger partial charge in [-0.3, -0.25) is 4.79 Å². The van der Waals surface area contributed by atoms with E-state index in [-0.39, 0.29) is 24.1 Å². The lowest BCUT2D eigenvalue weighted by Gasteiger charge is -2.37. The predicted octanol–water partition coefficient (Wildman–Crippen LogP) is 1.23. The van der Waals surface area contributed by atoms with E-state index in [0.717, 1.165) is 19.3 Å². The van der Waals surface area contributed by atoms with Crippen LogP contribution in [0.25, 0.3) is 0 Å². The van der Waals surface area contributed by atoms with Crippen LogP contribution in [0.1, 0.15) is 35.8 Å². The average Bonchev–Trinajstić information content (AvgIpc) is 3.18. The summed E-state index contributed by atoms with van der Waals surface area (Å²) in [5.74, 6) is -0.184. The number of nitrogens with one attached hydrogen (secondary N) is 1. The smallest absolute Gasteiger partial charge is 0.270 e. The topological polar surface area (TPSA) is 91.2 Å². The van der Waals surface area contributed by atoms with Crippen LogP contribution < -0.4 is 5.32 Å².